The van der Waals surface area contributed by atoms with Crippen molar-refractivity contribution in [3.63, 3.8) is 0 Å². The lowest BCUT2D eigenvalue weighted by molar-refractivity contribution is 0.0506. The lowest BCUT2D eigenvalue weighted by atomic mass is 10.2. The molecule has 0 heterocycles. The fraction of sp³-hybridized carbons (Fsp3) is 0.533. The third-order valence-corrected chi connectivity index (χ3v) is 4.40. The molecule has 1 rings (SSSR count). The molecule has 0 saturated carbocycles. The van der Waals surface area contributed by atoms with Gasteiger partial charge in [-0.15, -0.1) is 0 Å². The highest BCUT2D eigenvalue weighted by molar-refractivity contribution is 7.53. The Morgan fingerprint density at radius 1 is 1.10 bits per heavy atom. The van der Waals surface area contributed by atoms with Gasteiger partial charge in [0.15, 0.2) is 0 Å². The monoisotopic (exact) mass is 298 g/mol. The van der Waals surface area contributed by atoms with E-state index in [1.165, 1.54) is 0 Å². The number of hydrogen-bond donors (Lipinski definition) is 0. The van der Waals surface area contributed by atoms with Crippen LogP contribution in [0.2, 0.25) is 0 Å². The van der Waals surface area contributed by atoms with Crippen molar-refractivity contribution in [2.75, 3.05) is 26.0 Å². The highest BCUT2D eigenvalue weighted by Gasteiger charge is 2.16. The third kappa shape index (κ3) is 5.48. The fourth-order valence-electron chi connectivity index (χ4n) is 1.72. The van der Waals surface area contributed by atoms with Crippen LogP contribution in [0, 0.1) is 0 Å². The van der Waals surface area contributed by atoms with Gasteiger partial charge in [0.25, 0.3) is 0 Å². The van der Waals surface area contributed by atoms with Crippen molar-refractivity contribution in [3.8, 4) is 0 Å². The van der Waals surface area contributed by atoms with Crippen LogP contribution in [0.25, 0.3) is 0 Å². The molecule has 1 aromatic carbocycles. The van der Waals surface area contributed by atoms with Crippen LogP contribution in [0.15, 0.2) is 24.3 Å². The summed E-state index contributed by atoms with van der Waals surface area (Å²) in [7, 11) is -2.02. The number of esters is 1. The predicted octanol–water partition coefficient (Wildman–Crippen LogP) is 2.87. The molecule has 0 saturated heterocycles. The van der Waals surface area contributed by atoms with Crippen LogP contribution in [0.1, 0.15) is 37.0 Å². The molecule has 0 bridgehead atoms. The van der Waals surface area contributed by atoms with Crippen LogP contribution in [0.5, 0.6) is 0 Å². The molecule has 1 unspecified atom stereocenters. The van der Waals surface area contributed by atoms with E-state index < -0.39 is 13.8 Å². The van der Waals surface area contributed by atoms with Crippen molar-refractivity contribution < 1.29 is 18.8 Å². The van der Waals surface area contributed by atoms with Gasteiger partial charge in [0.05, 0.1) is 18.8 Å². The van der Waals surface area contributed by atoms with Gasteiger partial charge >= 0.3 is 5.97 Å². The van der Waals surface area contributed by atoms with Gasteiger partial charge in [-0.3, -0.25) is 0 Å². The van der Waals surface area contributed by atoms with Crippen molar-refractivity contribution in [3.05, 3.63) is 29.8 Å². The van der Waals surface area contributed by atoms with E-state index in [0.29, 0.717) is 36.9 Å². The first-order valence-electron chi connectivity index (χ1n) is 7.07. The van der Waals surface area contributed by atoms with Gasteiger partial charge < -0.3 is 14.0 Å². The Kier molecular flexibility index (Phi) is 8.24. The lowest BCUT2D eigenvalue weighted by Crippen LogP contribution is -2.16. The summed E-state index contributed by atoms with van der Waals surface area (Å²) in [5.41, 5.74) is 0.417. The summed E-state index contributed by atoms with van der Waals surface area (Å²) in [5, 5.41) is 0.596. The molecule has 0 N–H and O–H groups in total. The molecule has 4 nitrogen and oxygen atoms in total. The number of carbonyl (C=O) groups excluding carboxylic acids is 1. The van der Waals surface area contributed by atoms with E-state index in [1.807, 2.05) is 13.8 Å². The zero-order chi connectivity index (χ0) is 14.8. The topological polar surface area (TPSA) is 52.6 Å². The van der Waals surface area contributed by atoms with Crippen molar-refractivity contribution in [2.45, 2.75) is 26.7 Å². The molecule has 0 amide bonds. The minimum absolute atomic E-state index is 0.383. The maximum absolute atomic E-state index is 12.3. The first-order chi connectivity index (χ1) is 9.70. The molecule has 0 spiro atoms. The van der Waals surface area contributed by atoms with E-state index in [9.17, 15) is 9.36 Å². The van der Waals surface area contributed by atoms with Crippen molar-refractivity contribution in [2.24, 2.45) is 0 Å². The van der Waals surface area contributed by atoms with Gasteiger partial charge in [-0.2, -0.15) is 0 Å². The summed E-state index contributed by atoms with van der Waals surface area (Å²) in [6, 6.07) is 6.96. The van der Waals surface area contributed by atoms with Gasteiger partial charge in [0.2, 0.25) is 0 Å². The molecule has 5 heteroatoms. The first kappa shape index (κ1) is 16.9. The quantitative estimate of drug-likeness (QED) is 0.399. The summed E-state index contributed by atoms with van der Waals surface area (Å²) in [6.45, 7) is 5.49. The number of rotatable bonds is 9. The highest BCUT2D eigenvalue weighted by Crippen LogP contribution is 2.22. The Hall–Kier alpha value is -1.12. The molecular weight excluding hydrogens is 275 g/mol. The Bertz CT molecular complexity index is 445. The Morgan fingerprint density at radius 2 is 1.80 bits per heavy atom. The summed E-state index contributed by atoms with van der Waals surface area (Å²) >= 11 is 0. The van der Waals surface area contributed by atoms with Crippen LogP contribution >= 0.6 is 7.80 Å². The van der Waals surface area contributed by atoms with E-state index in [1.54, 1.807) is 24.3 Å². The molecule has 1 aromatic rings. The van der Waals surface area contributed by atoms with Crippen LogP contribution in [-0.4, -0.2) is 32.0 Å². The largest absolute Gasteiger partial charge is 0.462 e. The minimum Gasteiger partial charge on any atom is -0.462 e. The Balaban J connectivity index is 2.69. The van der Waals surface area contributed by atoms with Gasteiger partial charge in [0, 0.05) is 18.1 Å². The third-order valence-electron chi connectivity index (χ3n) is 2.71. The van der Waals surface area contributed by atoms with Gasteiger partial charge in [0.1, 0.15) is 7.80 Å². The number of ether oxygens (including phenoxy) is 2. The van der Waals surface area contributed by atoms with E-state index in [2.05, 4.69) is 0 Å². The zero-order valence-electron chi connectivity index (χ0n) is 12.2. The normalized spacial score (nSPS) is 12.1. The fourth-order valence-corrected chi connectivity index (χ4v) is 3.09. The summed E-state index contributed by atoms with van der Waals surface area (Å²) in [5.74, 6) is -0.393. The maximum Gasteiger partial charge on any atom is 0.338 e. The van der Waals surface area contributed by atoms with Crippen LogP contribution < -0.4 is 5.30 Å². The van der Waals surface area contributed by atoms with E-state index in [4.69, 9.17) is 9.47 Å². The average Bonchev–Trinajstić information content (AvgIpc) is 2.49. The number of carbonyl (C=O) groups is 1. The summed E-state index contributed by atoms with van der Waals surface area (Å²) in [6.07, 6.45) is 2.18. The molecular formula is C15H23O4P. The minimum atomic E-state index is -2.02. The van der Waals surface area contributed by atoms with Crippen LogP contribution in [0.3, 0.4) is 0 Å². The molecule has 0 radical (unpaired) electrons. The Morgan fingerprint density at radius 3 is 2.50 bits per heavy atom. The zero-order valence-corrected chi connectivity index (χ0v) is 13.2. The van der Waals surface area contributed by atoms with Crippen LogP contribution in [-0.2, 0) is 14.0 Å². The van der Waals surface area contributed by atoms with E-state index in [0.717, 1.165) is 12.8 Å². The summed E-state index contributed by atoms with van der Waals surface area (Å²) < 4.78 is 22.8. The Labute approximate surface area is 121 Å². The highest BCUT2D eigenvalue weighted by atomic mass is 31.1. The number of benzene rings is 1. The van der Waals surface area contributed by atoms with Crippen LogP contribution in [0.4, 0.5) is 0 Å². The van der Waals surface area contributed by atoms with Crippen molar-refractivity contribution in [1.82, 2.24) is 0 Å². The van der Waals surface area contributed by atoms with Crippen molar-refractivity contribution >= 4 is 19.1 Å². The first-order valence-corrected chi connectivity index (χ1v) is 8.69. The molecule has 112 valence electrons. The molecule has 20 heavy (non-hydrogen) atoms. The smallest absolute Gasteiger partial charge is 0.338 e. The second-order valence-corrected chi connectivity index (χ2v) is 6.35. The molecule has 0 aliphatic rings. The van der Waals surface area contributed by atoms with Gasteiger partial charge in [-0.1, -0.05) is 32.0 Å². The summed E-state index contributed by atoms with van der Waals surface area (Å²) in [4.78, 5) is 11.9. The van der Waals surface area contributed by atoms with Gasteiger partial charge in [-0.05, 0) is 18.9 Å². The predicted molar refractivity (Wildman–Crippen MR) is 81.6 cm³/mol. The molecule has 0 fully saturated rings. The van der Waals surface area contributed by atoms with E-state index in [-0.39, 0.29) is 0 Å². The van der Waals surface area contributed by atoms with Gasteiger partial charge in [-0.25, -0.2) is 4.79 Å². The van der Waals surface area contributed by atoms with E-state index >= 15 is 0 Å². The second-order valence-electron chi connectivity index (χ2n) is 4.47. The lowest BCUT2D eigenvalue weighted by Gasteiger charge is -2.09. The number of hydrogen-bond acceptors (Lipinski definition) is 4. The van der Waals surface area contributed by atoms with Crippen molar-refractivity contribution in [1.29, 1.82) is 0 Å². The maximum atomic E-state index is 12.3. The molecule has 0 aliphatic heterocycles. The standard InChI is InChI=1S/C15H23O4P/c1-3-9-18-11-12-20(17)14-8-6-5-7-13(14)15(16)19-10-4-2/h5-8,20H,3-4,9-12H2,1-2H3. The SMILES string of the molecule is CCCOCC[PH](=O)c1ccccc1C(=O)OCCC. The second kappa shape index (κ2) is 9.73. The average molecular weight is 298 g/mol. The molecule has 0 aliphatic carbocycles. The molecule has 1 atom stereocenters. The molecule has 0 aromatic heterocycles.